The van der Waals surface area contributed by atoms with Crippen LogP contribution >= 0.6 is 11.3 Å². The molecule has 1 aromatic rings. The number of rotatable bonds is 9. The number of likely N-dealkylation sites (N-methyl/N-ethyl adjacent to an activating group) is 1. The van der Waals surface area contributed by atoms with Crippen LogP contribution in [0.4, 0.5) is 0 Å². The van der Waals surface area contributed by atoms with Crippen molar-refractivity contribution in [2.45, 2.75) is 44.7 Å². The first kappa shape index (κ1) is 17.6. The van der Waals surface area contributed by atoms with Crippen LogP contribution in [0, 0.1) is 0 Å². The molecule has 0 radical (unpaired) electrons. The van der Waals surface area contributed by atoms with Crippen LogP contribution in [-0.2, 0) is 9.59 Å². The van der Waals surface area contributed by atoms with Gasteiger partial charge in [-0.3, -0.25) is 19.3 Å². The molecule has 0 spiro atoms. The van der Waals surface area contributed by atoms with Gasteiger partial charge in [-0.15, -0.1) is 11.3 Å². The van der Waals surface area contributed by atoms with Gasteiger partial charge in [0.05, 0.1) is 11.4 Å². The van der Waals surface area contributed by atoms with E-state index < -0.39 is 5.97 Å². The lowest BCUT2D eigenvalue weighted by Crippen LogP contribution is -2.54. The van der Waals surface area contributed by atoms with Crippen molar-refractivity contribution in [2.24, 2.45) is 0 Å². The fourth-order valence-electron chi connectivity index (χ4n) is 2.76. The highest BCUT2D eigenvalue weighted by atomic mass is 32.1. The highest BCUT2D eigenvalue weighted by Gasteiger charge is 2.34. The fourth-order valence-corrected chi connectivity index (χ4v) is 3.46. The van der Waals surface area contributed by atoms with Crippen molar-refractivity contribution in [2.75, 3.05) is 13.1 Å². The molecule has 0 bridgehead atoms. The SMILES string of the molecule is CCN(CC(=O)O)C1CC(NC(=O)CCC(=O)c2cccs2)C1. The van der Waals surface area contributed by atoms with Gasteiger partial charge in [-0.1, -0.05) is 13.0 Å². The number of nitrogens with zero attached hydrogens (tertiary/aromatic N) is 1. The van der Waals surface area contributed by atoms with Crippen LogP contribution in [0.1, 0.15) is 42.3 Å². The van der Waals surface area contributed by atoms with Gasteiger partial charge in [0.1, 0.15) is 0 Å². The summed E-state index contributed by atoms with van der Waals surface area (Å²) in [7, 11) is 0. The topological polar surface area (TPSA) is 86.7 Å². The molecule has 0 aliphatic heterocycles. The molecule has 0 aromatic carbocycles. The average Bonchev–Trinajstić information content (AvgIpc) is 3.00. The largest absolute Gasteiger partial charge is 0.480 e. The summed E-state index contributed by atoms with van der Waals surface area (Å²) in [4.78, 5) is 37.1. The van der Waals surface area contributed by atoms with Crippen molar-refractivity contribution in [1.82, 2.24) is 10.2 Å². The molecule has 1 heterocycles. The zero-order valence-electron chi connectivity index (χ0n) is 13.2. The van der Waals surface area contributed by atoms with E-state index in [2.05, 4.69) is 5.32 Å². The normalized spacial score (nSPS) is 20.1. The molecule has 0 saturated heterocycles. The Morgan fingerprint density at radius 1 is 1.35 bits per heavy atom. The Balaban J connectivity index is 1.66. The molecule has 1 aliphatic rings. The van der Waals surface area contributed by atoms with Crippen molar-refractivity contribution in [3.05, 3.63) is 22.4 Å². The molecule has 2 N–H and O–H groups in total. The van der Waals surface area contributed by atoms with E-state index in [0.29, 0.717) is 11.4 Å². The Bertz CT molecular complexity index is 552. The Morgan fingerprint density at radius 3 is 2.65 bits per heavy atom. The second-order valence-corrected chi connectivity index (χ2v) is 6.69. The first-order valence-corrected chi connectivity index (χ1v) is 8.69. The molecule has 23 heavy (non-hydrogen) atoms. The van der Waals surface area contributed by atoms with E-state index in [1.54, 1.807) is 6.07 Å². The second-order valence-electron chi connectivity index (χ2n) is 5.75. The van der Waals surface area contributed by atoms with Crippen molar-refractivity contribution in [1.29, 1.82) is 0 Å². The fraction of sp³-hybridized carbons (Fsp3) is 0.562. The molecule has 1 aliphatic carbocycles. The van der Waals surface area contributed by atoms with Crippen molar-refractivity contribution in [3.8, 4) is 0 Å². The van der Waals surface area contributed by atoms with Gasteiger partial charge in [-0.2, -0.15) is 0 Å². The zero-order valence-corrected chi connectivity index (χ0v) is 14.0. The summed E-state index contributed by atoms with van der Waals surface area (Å²) in [6.45, 7) is 2.66. The van der Waals surface area contributed by atoms with Crippen LogP contribution in [0.2, 0.25) is 0 Å². The van der Waals surface area contributed by atoms with Crippen LogP contribution in [0.25, 0.3) is 0 Å². The van der Waals surface area contributed by atoms with Crippen LogP contribution < -0.4 is 5.32 Å². The minimum Gasteiger partial charge on any atom is -0.480 e. The van der Waals surface area contributed by atoms with Crippen molar-refractivity contribution >= 4 is 29.0 Å². The molecule has 1 saturated carbocycles. The van der Waals surface area contributed by atoms with E-state index in [0.717, 1.165) is 12.8 Å². The summed E-state index contributed by atoms with van der Waals surface area (Å²) >= 11 is 1.39. The number of aliphatic carboxylic acids is 1. The Hall–Kier alpha value is -1.73. The number of nitrogens with one attached hydrogen (secondary N) is 1. The number of hydrogen-bond acceptors (Lipinski definition) is 5. The molecule has 6 nitrogen and oxygen atoms in total. The predicted molar refractivity (Wildman–Crippen MR) is 87.7 cm³/mol. The van der Waals surface area contributed by atoms with Gasteiger partial charge in [-0.25, -0.2) is 0 Å². The third-order valence-corrected chi connectivity index (χ3v) is 5.03. The summed E-state index contributed by atoms with van der Waals surface area (Å²) in [5, 5.41) is 13.6. The maximum atomic E-state index is 11.9. The maximum Gasteiger partial charge on any atom is 0.317 e. The summed E-state index contributed by atoms with van der Waals surface area (Å²) in [5.41, 5.74) is 0. The summed E-state index contributed by atoms with van der Waals surface area (Å²) in [6.07, 6.45) is 1.96. The molecule has 1 amide bonds. The second kappa shape index (κ2) is 8.21. The molecule has 1 fully saturated rings. The molecule has 7 heteroatoms. The highest BCUT2D eigenvalue weighted by Crippen LogP contribution is 2.25. The number of thiophene rings is 1. The van der Waals surface area contributed by atoms with Gasteiger partial charge in [0.15, 0.2) is 5.78 Å². The molecular weight excluding hydrogens is 316 g/mol. The molecule has 0 unspecified atom stereocenters. The third-order valence-electron chi connectivity index (χ3n) is 4.11. The molecular formula is C16H22N2O4S. The summed E-state index contributed by atoms with van der Waals surface area (Å²) in [6, 6.07) is 3.90. The third kappa shape index (κ3) is 5.14. The quantitative estimate of drug-likeness (QED) is 0.670. The average molecular weight is 338 g/mol. The lowest BCUT2D eigenvalue weighted by molar-refractivity contribution is -0.139. The standard InChI is InChI=1S/C16H22N2O4S/c1-2-18(10-16(21)22)12-8-11(9-12)17-15(20)6-5-13(19)14-4-3-7-23-14/h3-4,7,11-12H,2,5-6,8-10H2,1H3,(H,17,20)(H,21,22). The van der Waals surface area contributed by atoms with Crippen LogP contribution in [0.5, 0.6) is 0 Å². The van der Waals surface area contributed by atoms with E-state index in [1.165, 1.54) is 11.3 Å². The van der Waals surface area contributed by atoms with Gasteiger partial charge in [0.25, 0.3) is 0 Å². The molecule has 0 atom stereocenters. The Kier molecular flexibility index (Phi) is 6.29. The number of amides is 1. The minimum absolute atomic E-state index is 0.000234. The van der Waals surface area contributed by atoms with E-state index >= 15 is 0 Å². The number of carbonyl (C=O) groups excluding carboxylic acids is 2. The Labute approximate surface area is 139 Å². The molecule has 1 aromatic heterocycles. The number of carbonyl (C=O) groups is 3. The maximum absolute atomic E-state index is 11.9. The predicted octanol–water partition coefficient (Wildman–Crippen LogP) is 1.76. The smallest absolute Gasteiger partial charge is 0.317 e. The van der Waals surface area contributed by atoms with E-state index in [9.17, 15) is 14.4 Å². The minimum atomic E-state index is -0.827. The number of carboxylic acids is 1. The first-order chi connectivity index (χ1) is 11.0. The van der Waals surface area contributed by atoms with Crippen LogP contribution in [0.3, 0.4) is 0 Å². The number of hydrogen-bond donors (Lipinski definition) is 2. The van der Waals surface area contributed by atoms with Crippen molar-refractivity contribution < 1.29 is 19.5 Å². The van der Waals surface area contributed by atoms with E-state index in [-0.39, 0.29) is 43.2 Å². The molecule has 2 rings (SSSR count). The number of carboxylic acid groups (broad SMARTS) is 1. The monoisotopic (exact) mass is 338 g/mol. The van der Waals surface area contributed by atoms with Gasteiger partial charge < -0.3 is 10.4 Å². The zero-order chi connectivity index (χ0) is 16.8. The first-order valence-electron chi connectivity index (χ1n) is 7.81. The summed E-state index contributed by atoms with van der Waals surface area (Å²) < 4.78 is 0. The molecule has 126 valence electrons. The number of Topliss-reactive ketones (excluding diaryl/α,β-unsaturated/α-hetero) is 1. The van der Waals surface area contributed by atoms with Crippen LogP contribution in [0.15, 0.2) is 17.5 Å². The number of ketones is 1. The Morgan fingerprint density at radius 2 is 2.09 bits per heavy atom. The highest BCUT2D eigenvalue weighted by molar-refractivity contribution is 7.12. The van der Waals surface area contributed by atoms with Crippen molar-refractivity contribution in [3.63, 3.8) is 0 Å². The van der Waals surface area contributed by atoms with Gasteiger partial charge >= 0.3 is 5.97 Å². The summed E-state index contributed by atoms with van der Waals surface area (Å²) in [5.74, 6) is -0.939. The van der Waals surface area contributed by atoms with Crippen LogP contribution in [-0.4, -0.2) is 52.8 Å². The van der Waals surface area contributed by atoms with E-state index in [4.69, 9.17) is 5.11 Å². The van der Waals surface area contributed by atoms with Gasteiger partial charge in [-0.05, 0) is 30.8 Å². The van der Waals surface area contributed by atoms with E-state index in [1.807, 2.05) is 23.3 Å². The lowest BCUT2D eigenvalue weighted by atomic mass is 9.85. The van der Waals surface area contributed by atoms with Gasteiger partial charge in [0.2, 0.25) is 5.91 Å². The lowest BCUT2D eigenvalue weighted by Gasteiger charge is -2.42. The van der Waals surface area contributed by atoms with Gasteiger partial charge in [0, 0.05) is 24.9 Å².